The Morgan fingerprint density at radius 2 is 0.929 bits per heavy atom. The molecule has 2 saturated heterocycles. The Bertz CT molecular complexity index is 1070. The fourth-order valence-corrected chi connectivity index (χ4v) is 4.81. The van der Waals surface area contributed by atoms with E-state index >= 15 is 0 Å². The Labute approximate surface area is 241 Å². The summed E-state index contributed by atoms with van der Waals surface area (Å²) in [6.07, 6.45) is -13.4. The second-order valence-corrected chi connectivity index (χ2v) is 10.1. The molecule has 0 saturated carbocycles. The van der Waals surface area contributed by atoms with Gasteiger partial charge in [0.1, 0.15) is 48.8 Å². The summed E-state index contributed by atoms with van der Waals surface area (Å²) in [5.41, 5.74) is 1.62. The van der Waals surface area contributed by atoms with E-state index in [1.165, 1.54) is 14.2 Å². The molecule has 0 aliphatic carbocycles. The minimum Gasteiger partial charge on any atom is -0.493 e. The molecule has 0 amide bonds. The Morgan fingerprint density at radius 3 is 1.26 bits per heavy atom. The SMILES string of the molecule is COc1ccc(CCc2ccc(OC)c(O[C@@H]3O[C@H](CO)[C@@H](O)[C@H](O)[C@H]3O)c2)cc1O[C@@H]1O[C@H](CO)[C@@H](O)[C@H](O)[C@H]1O. The van der Waals surface area contributed by atoms with Gasteiger partial charge in [0.2, 0.25) is 12.6 Å². The second-order valence-electron chi connectivity index (χ2n) is 10.1. The van der Waals surface area contributed by atoms with Crippen molar-refractivity contribution in [2.45, 2.75) is 74.3 Å². The second kappa shape index (κ2) is 14.1. The average Bonchev–Trinajstić information content (AvgIpc) is 3.00. The molecule has 8 N–H and O–H groups in total. The standard InChI is InChI=1S/C28H38O14/c1-37-15-7-5-13(9-17(15)39-27-25(35)23(33)21(31)19(11-29)41-27)3-4-14-6-8-16(38-2)18(10-14)40-28-26(36)24(34)22(32)20(12-30)42-28/h5-10,19-36H,3-4,11-12H2,1-2H3/t19-,20-,21-,22-,23+,24+,25-,26-,27-,28-/m1/s1. The van der Waals surface area contributed by atoms with Crippen molar-refractivity contribution >= 4 is 0 Å². The smallest absolute Gasteiger partial charge is 0.229 e. The first-order valence-corrected chi connectivity index (χ1v) is 13.4. The van der Waals surface area contributed by atoms with E-state index in [0.29, 0.717) is 24.3 Å². The van der Waals surface area contributed by atoms with Crippen LogP contribution in [-0.4, -0.2) is 130 Å². The van der Waals surface area contributed by atoms with E-state index in [9.17, 15) is 40.9 Å². The third kappa shape index (κ3) is 6.89. The predicted molar refractivity (Wildman–Crippen MR) is 142 cm³/mol. The lowest BCUT2D eigenvalue weighted by Crippen LogP contribution is -2.60. The van der Waals surface area contributed by atoms with E-state index < -0.39 is 74.6 Å². The van der Waals surface area contributed by atoms with Crippen LogP contribution in [-0.2, 0) is 22.3 Å². The van der Waals surface area contributed by atoms with Crippen molar-refractivity contribution in [3.63, 3.8) is 0 Å². The molecule has 42 heavy (non-hydrogen) atoms. The molecule has 2 fully saturated rings. The largest absolute Gasteiger partial charge is 0.493 e. The van der Waals surface area contributed by atoms with Crippen LogP contribution < -0.4 is 18.9 Å². The first-order valence-electron chi connectivity index (χ1n) is 13.4. The Balaban J connectivity index is 1.47. The normalized spacial score (nSPS) is 33.2. The van der Waals surface area contributed by atoms with Gasteiger partial charge in [0.15, 0.2) is 23.0 Å². The van der Waals surface area contributed by atoms with Gasteiger partial charge in [0, 0.05) is 0 Å². The highest BCUT2D eigenvalue weighted by atomic mass is 16.7. The molecule has 0 radical (unpaired) electrons. The van der Waals surface area contributed by atoms with E-state index in [1.807, 2.05) is 12.1 Å². The lowest BCUT2D eigenvalue weighted by Gasteiger charge is -2.39. The minimum atomic E-state index is -1.59. The molecular weight excluding hydrogens is 560 g/mol. The van der Waals surface area contributed by atoms with Crippen molar-refractivity contribution in [2.75, 3.05) is 27.4 Å². The van der Waals surface area contributed by atoms with E-state index in [4.69, 9.17) is 28.4 Å². The van der Waals surface area contributed by atoms with Crippen molar-refractivity contribution in [1.29, 1.82) is 0 Å². The molecule has 234 valence electrons. The molecule has 14 nitrogen and oxygen atoms in total. The quantitative estimate of drug-likeness (QED) is 0.138. The van der Waals surface area contributed by atoms with Gasteiger partial charge in [-0.15, -0.1) is 0 Å². The zero-order chi connectivity index (χ0) is 30.6. The zero-order valence-electron chi connectivity index (χ0n) is 23.1. The molecule has 2 heterocycles. The van der Waals surface area contributed by atoms with Gasteiger partial charge in [0.25, 0.3) is 0 Å². The molecule has 0 bridgehead atoms. The highest BCUT2D eigenvalue weighted by molar-refractivity contribution is 5.45. The van der Waals surface area contributed by atoms with Gasteiger partial charge >= 0.3 is 0 Å². The van der Waals surface area contributed by atoms with E-state index in [2.05, 4.69) is 0 Å². The van der Waals surface area contributed by atoms with Crippen LogP contribution in [0.25, 0.3) is 0 Å². The maximum absolute atomic E-state index is 10.4. The average molecular weight is 599 g/mol. The van der Waals surface area contributed by atoms with Gasteiger partial charge in [-0.2, -0.15) is 0 Å². The summed E-state index contributed by atoms with van der Waals surface area (Å²) >= 11 is 0. The van der Waals surface area contributed by atoms with Crippen molar-refractivity contribution < 1.29 is 69.3 Å². The summed E-state index contributed by atoms with van der Waals surface area (Å²) < 4.78 is 33.2. The number of benzene rings is 2. The monoisotopic (exact) mass is 598 g/mol. The summed E-state index contributed by atoms with van der Waals surface area (Å²) in [5, 5.41) is 79.8. The highest BCUT2D eigenvalue weighted by Gasteiger charge is 2.46. The van der Waals surface area contributed by atoms with Gasteiger partial charge in [-0.3, -0.25) is 0 Å². The molecule has 0 spiro atoms. The third-order valence-electron chi connectivity index (χ3n) is 7.34. The molecule has 0 aromatic heterocycles. The van der Waals surface area contributed by atoms with Crippen molar-refractivity contribution in [1.82, 2.24) is 0 Å². The lowest BCUT2D eigenvalue weighted by atomic mass is 9.99. The Hall–Kier alpha value is -2.76. The third-order valence-corrected chi connectivity index (χ3v) is 7.34. The summed E-state index contributed by atoms with van der Waals surface area (Å²) in [4.78, 5) is 0. The minimum absolute atomic E-state index is 0.209. The van der Waals surface area contributed by atoms with E-state index in [1.54, 1.807) is 24.3 Å². The fourth-order valence-electron chi connectivity index (χ4n) is 4.81. The number of methoxy groups -OCH3 is 2. The lowest BCUT2D eigenvalue weighted by molar-refractivity contribution is -0.277. The first-order chi connectivity index (χ1) is 20.1. The van der Waals surface area contributed by atoms with Gasteiger partial charge in [-0.05, 0) is 48.2 Å². The zero-order valence-corrected chi connectivity index (χ0v) is 23.1. The van der Waals surface area contributed by atoms with Crippen LogP contribution in [0.5, 0.6) is 23.0 Å². The maximum Gasteiger partial charge on any atom is 0.229 e. The van der Waals surface area contributed by atoms with Gasteiger partial charge in [0.05, 0.1) is 27.4 Å². The summed E-state index contributed by atoms with van der Waals surface area (Å²) in [5.74, 6) is 1.08. The number of aryl methyl sites for hydroxylation is 2. The van der Waals surface area contributed by atoms with Gasteiger partial charge in [-0.1, -0.05) is 12.1 Å². The number of aliphatic hydroxyl groups excluding tert-OH is 8. The van der Waals surface area contributed by atoms with Crippen molar-refractivity contribution in [2.24, 2.45) is 0 Å². The molecule has 2 aliphatic rings. The van der Waals surface area contributed by atoms with Crippen LogP contribution in [0.2, 0.25) is 0 Å². The van der Waals surface area contributed by atoms with Gasteiger partial charge in [-0.25, -0.2) is 0 Å². The fraction of sp³-hybridized carbons (Fsp3) is 0.571. The van der Waals surface area contributed by atoms with Crippen molar-refractivity contribution in [3.8, 4) is 23.0 Å². The van der Waals surface area contributed by atoms with E-state index in [0.717, 1.165) is 11.1 Å². The number of aliphatic hydroxyl groups is 8. The topological polar surface area (TPSA) is 217 Å². The number of ether oxygens (including phenoxy) is 6. The summed E-state index contributed by atoms with van der Waals surface area (Å²) in [6, 6.07) is 10.3. The molecule has 2 aromatic carbocycles. The van der Waals surface area contributed by atoms with Crippen LogP contribution in [0.4, 0.5) is 0 Å². The van der Waals surface area contributed by atoms with Crippen LogP contribution in [0, 0.1) is 0 Å². The molecule has 2 aliphatic heterocycles. The molecule has 0 unspecified atom stereocenters. The van der Waals surface area contributed by atoms with Crippen LogP contribution >= 0.6 is 0 Å². The molecular formula is C28H38O14. The molecule has 10 atom stereocenters. The van der Waals surface area contributed by atoms with Crippen molar-refractivity contribution in [3.05, 3.63) is 47.5 Å². The highest BCUT2D eigenvalue weighted by Crippen LogP contribution is 2.34. The van der Waals surface area contributed by atoms with E-state index in [-0.39, 0.29) is 11.5 Å². The summed E-state index contributed by atoms with van der Waals surface area (Å²) in [7, 11) is 2.87. The Kier molecular flexibility index (Phi) is 10.8. The predicted octanol–water partition coefficient (Wildman–Crippen LogP) is -2.15. The first kappa shape index (κ1) is 32.2. The summed E-state index contributed by atoms with van der Waals surface area (Å²) in [6.45, 7) is -1.18. The molecule has 4 rings (SSSR count). The van der Waals surface area contributed by atoms with Gasteiger partial charge < -0.3 is 69.3 Å². The number of hydrogen-bond acceptors (Lipinski definition) is 14. The Morgan fingerprint density at radius 1 is 0.548 bits per heavy atom. The molecule has 14 heteroatoms. The number of rotatable bonds is 11. The molecule has 2 aromatic rings. The van der Waals surface area contributed by atoms with Crippen LogP contribution in [0.15, 0.2) is 36.4 Å². The van der Waals surface area contributed by atoms with Crippen LogP contribution in [0.1, 0.15) is 11.1 Å². The maximum atomic E-state index is 10.4. The number of hydrogen-bond donors (Lipinski definition) is 8. The van der Waals surface area contributed by atoms with Crippen LogP contribution in [0.3, 0.4) is 0 Å².